The molecule has 1 aromatic carbocycles. The number of halogens is 1. The number of nitrogens with zero attached hydrogens (tertiary/aromatic N) is 2. The van der Waals surface area contributed by atoms with Gasteiger partial charge >= 0.3 is 6.03 Å². The van der Waals surface area contributed by atoms with Gasteiger partial charge in [0.05, 0.1) is 17.8 Å². The molecule has 0 spiro atoms. The van der Waals surface area contributed by atoms with Crippen LogP contribution in [0, 0.1) is 5.92 Å². The van der Waals surface area contributed by atoms with Gasteiger partial charge in [0.1, 0.15) is 0 Å². The van der Waals surface area contributed by atoms with Crippen molar-refractivity contribution >= 4 is 40.3 Å². The second-order valence-corrected chi connectivity index (χ2v) is 8.31. The summed E-state index contributed by atoms with van der Waals surface area (Å²) < 4.78 is 0. The summed E-state index contributed by atoms with van der Waals surface area (Å²) in [7, 11) is 0. The summed E-state index contributed by atoms with van der Waals surface area (Å²) in [6, 6.07) is 8.38. The van der Waals surface area contributed by atoms with Crippen LogP contribution in [0.2, 0.25) is 5.02 Å². The minimum absolute atomic E-state index is 0.0335. The topological polar surface area (TPSA) is 77.9 Å². The van der Waals surface area contributed by atoms with Crippen molar-refractivity contribution in [3.8, 4) is 0 Å². The van der Waals surface area contributed by atoms with Crippen molar-refractivity contribution in [2.24, 2.45) is 16.0 Å². The first-order valence-corrected chi connectivity index (χ1v) is 10.3. The first-order chi connectivity index (χ1) is 12.7. The Balaban J connectivity index is 1.28. The molecule has 3 N–H and O–H groups in total. The molecule has 0 aromatic heterocycles. The van der Waals surface area contributed by atoms with Gasteiger partial charge in [0.15, 0.2) is 5.17 Å². The monoisotopic (exact) mass is 391 g/mol. The lowest BCUT2D eigenvalue weighted by Crippen LogP contribution is -2.43. The molecule has 2 amide bonds. The maximum absolute atomic E-state index is 11.5. The molecule has 1 saturated heterocycles. The van der Waals surface area contributed by atoms with Crippen molar-refractivity contribution in [3.05, 3.63) is 34.9 Å². The Bertz CT molecular complexity index is 736. The van der Waals surface area contributed by atoms with E-state index in [1.165, 1.54) is 11.3 Å². The predicted octanol–water partition coefficient (Wildman–Crippen LogP) is 2.78. The number of thioether (sulfide) groups is 1. The maximum atomic E-state index is 11.5. The largest absolute Gasteiger partial charge is 0.333 e. The van der Waals surface area contributed by atoms with Crippen molar-refractivity contribution in [1.82, 2.24) is 16.1 Å². The molecule has 2 fully saturated rings. The minimum atomic E-state index is -0.0335. The van der Waals surface area contributed by atoms with Gasteiger partial charge in [-0.05, 0) is 43.4 Å². The van der Waals surface area contributed by atoms with Crippen molar-refractivity contribution in [2.75, 3.05) is 12.3 Å². The molecule has 0 radical (unpaired) electrons. The zero-order chi connectivity index (χ0) is 17.9. The van der Waals surface area contributed by atoms with E-state index in [0.29, 0.717) is 5.92 Å². The highest BCUT2D eigenvalue weighted by molar-refractivity contribution is 8.14. The number of hydrazone groups is 1. The summed E-state index contributed by atoms with van der Waals surface area (Å²) in [5, 5.41) is 12.2. The van der Waals surface area contributed by atoms with E-state index in [-0.39, 0.29) is 18.1 Å². The quantitative estimate of drug-likeness (QED) is 0.738. The molecular formula is C18H22ClN5OS. The summed E-state index contributed by atoms with van der Waals surface area (Å²) in [5.41, 5.74) is 5.52. The highest BCUT2D eigenvalue weighted by Gasteiger charge is 2.38. The third-order valence-corrected chi connectivity index (χ3v) is 6.36. The van der Waals surface area contributed by atoms with Crippen molar-refractivity contribution < 1.29 is 4.79 Å². The third kappa shape index (κ3) is 4.15. The van der Waals surface area contributed by atoms with Gasteiger partial charge in [0.2, 0.25) is 0 Å². The minimum Gasteiger partial charge on any atom is -0.333 e. The number of hydrogen-bond donors (Lipinski definition) is 3. The fraction of sp³-hybridized carbons (Fsp3) is 0.500. The van der Waals surface area contributed by atoms with E-state index in [1.807, 2.05) is 24.3 Å². The summed E-state index contributed by atoms with van der Waals surface area (Å²) >= 11 is 7.61. The highest BCUT2D eigenvalue weighted by Crippen LogP contribution is 2.30. The van der Waals surface area contributed by atoms with E-state index in [9.17, 15) is 4.79 Å². The Morgan fingerprint density at radius 1 is 1.19 bits per heavy atom. The molecule has 1 aliphatic carbocycles. The van der Waals surface area contributed by atoms with Gasteiger partial charge in [-0.1, -0.05) is 35.5 Å². The molecule has 1 aromatic rings. The highest BCUT2D eigenvalue weighted by atomic mass is 35.5. The van der Waals surface area contributed by atoms with Crippen LogP contribution in [0.15, 0.2) is 34.4 Å². The zero-order valence-electron chi connectivity index (χ0n) is 14.4. The number of carbonyl (C=O) groups excluding carboxylic acids is 1. The number of aliphatic imine (C=N–C) groups is 1. The van der Waals surface area contributed by atoms with E-state index >= 15 is 0 Å². The fourth-order valence-electron chi connectivity index (χ4n) is 3.74. The Labute approximate surface area is 162 Å². The first-order valence-electron chi connectivity index (χ1n) is 8.98. The number of fused-ring (bicyclic) bond motifs is 1. The SMILES string of the molecule is O=C1NC2CCC(C3=NNC(=NCCc4ccc(Cl)cc4)SC3)CC2N1. The van der Waals surface area contributed by atoms with Crippen LogP contribution in [0.25, 0.3) is 0 Å². The average molecular weight is 392 g/mol. The maximum Gasteiger partial charge on any atom is 0.315 e. The van der Waals surface area contributed by atoms with Crippen LogP contribution in [0.3, 0.4) is 0 Å². The Kier molecular flexibility index (Phi) is 5.36. The second-order valence-electron chi connectivity index (χ2n) is 6.91. The zero-order valence-corrected chi connectivity index (χ0v) is 15.9. The van der Waals surface area contributed by atoms with Crippen LogP contribution >= 0.6 is 23.4 Å². The van der Waals surface area contributed by atoms with Gasteiger partial charge in [-0.15, -0.1) is 0 Å². The normalized spacial score (nSPS) is 29.4. The van der Waals surface area contributed by atoms with Crippen molar-refractivity contribution in [1.29, 1.82) is 0 Å². The molecule has 0 bridgehead atoms. The van der Waals surface area contributed by atoms with Gasteiger partial charge in [-0.2, -0.15) is 5.10 Å². The molecule has 3 unspecified atom stereocenters. The molecule has 2 aliphatic heterocycles. The number of urea groups is 1. The van der Waals surface area contributed by atoms with Crippen molar-refractivity contribution in [3.63, 3.8) is 0 Å². The molecular weight excluding hydrogens is 370 g/mol. The Morgan fingerprint density at radius 2 is 2.00 bits per heavy atom. The molecule has 1 saturated carbocycles. The third-order valence-electron chi connectivity index (χ3n) is 5.18. The number of amides is 2. The van der Waals surface area contributed by atoms with Crippen LogP contribution in [-0.4, -0.2) is 41.3 Å². The van der Waals surface area contributed by atoms with E-state index in [2.05, 4.69) is 26.2 Å². The smallest absolute Gasteiger partial charge is 0.315 e. The van der Waals surface area contributed by atoms with Gasteiger partial charge in [0.25, 0.3) is 0 Å². The number of carbonyl (C=O) groups is 1. The number of rotatable bonds is 4. The number of hydrogen-bond acceptors (Lipinski definition) is 4. The van der Waals surface area contributed by atoms with E-state index in [4.69, 9.17) is 11.6 Å². The summed E-state index contributed by atoms with van der Waals surface area (Å²) in [6.07, 6.45) is 3.94. The standard InChI is InChI=1S/C18H22ClN5OS/c19-13-4-1-11(2-5-13)7-8-20-18-24-23-16(10-26-18)12-3-6-14-15(9-12)22-17(25)21-14/h1-2,4-5,12,14-15H,3,6-10H2,(H,20,24)(H2,21,22,25). The second kappa shape index (κ2) is 7.88. The molecule has 4 rings (SSSR count). The Hall–Kier alpha value is -1.73. The van der Waals surface area contributed by atoms with Gasteiger partial charge in [-0.3, -0.25) is 10.4 Å². The van der Waals surface area contributed by atoms with E-state index in [0.717, 1.165) is 48.2 Å². The molecule has 3 aliphatic rings. The van der Waals surface area contributed by atoms with E-state index in [1.54, 1.807) is 11.8 Å². The molecule has 26 heavy (non-hydrogen) atoms. The lowest BCUT2D eigenvalue weighted by molar-refractivity contribution is 0.247. The van der Waals surface area contributed by atoms with Gasteiger partial charge in [0, 0.05) is 23.2 Å². The van der Waals surface area contributed by atoms with Crippen LogP contribution in [0.4, 0.5) is 4.79 Å². The van der Waals surface area contributed by atoms with Gasteiger partial charge in [-0.25, -0.2) is 4.79 Å². The molecule has 3 atom stereocenters. The summed E-state index contributed by atoms with van der Waals surface area (Å²) in [5.74, 6) is 1.31. The number of benzene rings is 1. The molecule has 138 valence electrons. The summed E-state index contributed by atoms with van der Waals surface area (Å²) in [6.45, 7) is 0.729. The lowest BCUT2D eigenvalue weighted by Gasteiger charge is -2.32. The molecule has 6 nitrogen and oxygen atoms in total. The Morgan fingerprint density at radius 3 is 2.77 bits per heavy atom. The fourth-order valence-corrected chi connectivity index (χ4v) is 4.74. The van der Waals surface area contributed by atoms with Crippen molar-refractivity contribution in [2.45, 2.75) is 37.8 Å². The van der Waals surface area contributed by atoms with Crippen LogP contribution in [0.1, 0.15) is 24.8 Å². The van der Waals surface area contributed by atoms with E-state index < -0.39 is 0 Å². The molecule has 2 heterocycles. The van der Waals surface area contributed by atoms with Crippen LogP contribution < -0.4 is 16.1 Å². The first kappa shape index (κ1) is 17.7. The summed E-state index contributed by atoms with van der Waals surface area (Å²) in [4.78, 5) is 16.1. The number of nitrogens with one attached hydrogen (secondary N) is 3. The lowest BCUT2D eigenvalue weighted by atomic mass is 9.81. The van der Waals surface area contributed by atoms with Crippen LogP contribution in [0.5, 0.6) is 0 Å². The molecule has 8 heteroatoms. The predicted molar refractivity (Wildman–Crippen MR) is 107 cm³/mol. The van der Waals surface area contributed by atoms with Crippen LogP contribution in [-0.2, 0) is 6.42 Å². The number of amidine groups is 1. The average Bonchev–Trinajstić information content (AvgIpc) is 3.03. The van der Waals surface area contributed by atoms with Gasteiger partial charge < -0.3 is 10.6 Å².